The van der Waals surface area contributed by atoms with Crippen molar-refractivity contribution in [1.29, 1.82) is 0 Å². The zero-order chi connectivity index (χ0) is 12.7. The van der Waals surface area contributed by atoms with E-state index in [0.717, 1.165) is 12.8 Å². The quantitative estimate of drug-likeness (QED) is 0.588. The van der Waals surface area contributed by atoms with Crippen molar-refractivity contribution >= 4 is 11.6 Å². The lowest BCUT2D eigenvalue weighted by atomic mass is 10.1. The molecule has 3 N–H and O–H groups in total. The topological polar surface area (TPSA) is 64.4 Å². The molecule has 0 aliphatic heterocycles. The van der Waals surface area contributed by atoms with Gasteiger partial charge < -0.3 is 15.8 Å². The molecule has 0 saturated carbocycles. The van der Waals surface area contributed by atoms with E-state index in [9.17, 15) is 4.79 Å². The highest BCUT2D eigenvalue weighted by Crippen LogP contribution is 2.24. The van der Waals surface area contributed by atoms with Gasteiger partial charge in [-0.05, 0) is 25.5 Å². The predicted octanol–water partition coefficient (Wildman–Crippen LogP) is 2.20. The van der Waals surface area contributed by atoms with E-state index >= 15 is 0 Å². The van der Waals surface area contributed by atoms with Crippen LogP contribution in [0.4, 0.5) is 5.69 Å². The second kappa shape index (κ2) is 6.78. The average Bonchev–Trinajstić information content (AvgIpc) is 2.30. The minimum Gasteiger partial charge on any atom is -0.493 e. The highest BCUT2D eigenvalue weighted by molar-refractivity contribution is 6.01. The van der Waals surface area contributed by atoms with Crippen molar-refractivity contribution in [1.82, 2.24) is 5.32 Å². The van der Waals surface area contributed by atoms with Crippen LogP contribution in [-0.2, 0) is 0 Å². The Labute approximate surface area is 102 Å². The van der Waals surface area contributed by atoms with Crippen LogP contribution in [0.2, 0.25) is 0 Å². The molecule has 0 bridgehead atoms. The Hall–Kier alpha value is -1.71. The van der Waals surface area contributed by atoms with E-state index in [1.807, 2.05) is 6.92 Å². The van der Waals surface area contributed by atoms with Gasteiger partial charge >= 0.3 is 0 Å². The van der Waals surface area contributed by atoms with Crippen LogP contribution in [0.25, 0.3) is 0 Å². The van der Waals surface area contributed by atoms with E-state index < -0.39 is 0 Å². The van der Waals surface area contributed by atoms with Crippen molar-refractivity contribution in [3.05, 3.63) is 23.8 Å². The smallest absolute Gasteiger partial charge is 0.257 e. The largest absolute Gasteiger partial charge is 0.493 e. The number of rotatable bonds is 6. The molecule has 1 aromatic rings. The Kier molecular flexibility index (Phi) is 5.33. The molecule has 94 valence electrons. The van der Waals surface area contributed by atoms with Crippen molar-refractivity contribution in [3.63, 3.8) is 0 Å². The van der Waals surface area contributed by atoms with Crippen molar-refractivity contribution in [2.45, 2.75) is 26.7 Å². The normalized spacial score (nSPS) is 10.0. The monoisotopic (exact) mass is 236 g/mol. The fraction of sp³-hybridized carbons (Fsp3) is 0.462. The summed E-state index contributed by atoms with van der Waals surface area (Å²) in [6, 6.07) is 5.25. The molecule has 0 aromatic heterocycles. The maximum Gasteiger partial charge on any atom is 0.257 e. The Morgan fingerprint density at radius 1 is 1.41 bits per heavy atom. The molecule has 0 aliphatic carbocycles. The van der Waals surface area contributed by atoms with Gasteiger partial charge in [0.25, 0.3) is 5.91 Å². The van der Waals surface area contributed by atoms with Crippen LogP contribution in [0.1, 0.15) is 37.0 Å². The summed E-state index contributed by atoms with van der Waals surface area (Å²) < 4.78 is 5.40. The number of nitrogens with one attached hydrogen (secondary N) is 1. The molecule has 4 heteroatoms. The molecule has 0 aliphatic rings. The van der Waals surface area contributed by atoms with Crippen molar-refractivity contribution in [2.75, 3.05) is 18.9 Å². The summed E-state index contributed by atoms with van der Waals surface area (Å²) in [5, 5.41) is 2.84. The van der Waals surface area contributed by atoms with Gasteiger partial charge in [-0.1, -0.05) is 19.4 Å². The number of amides is 1. The van der Waals surface area contributed by atoms with Gasteiger partial charge in [0.05, 0.1) is 6.61 Å². The second-order valence-corrected chi connectivity index (χ2v) is 3.76. The highest BCUT2D eigenvalue weighted by Gasteiger charge is 2.15. The summed E-state index contributed by atoms with van der Waals surface area (Å²) in [4.78, 5) is 12.0. The SMILES string of the molecule is CCCCNC(=O)c1c(N)cccc1OCC. The lowest BCUT2D eigenvalue weighted by molar-refractivity contribution is 0.0950. The number of carbonyl (C=O) groups is 1. The Morgan fingerprint density at radius 3 is 2.82 bits per heavy atom. The lowest BCUT2D eigenvalue weighted by Gasteiger charge is -2.12. The van der Waals surface area contributed by atoms with Crippen LogP contribution in [0.15, 0.2) is 18.2 Å². The summed E-state index contributed by atoms with van der Waals surface area (Å²) in [5.41, 5.74) is 6.70. The van der Waals surface area contributed by atoms with E-state index in [-0.39, 0.29) is 5.91 Å². The molecule has 0 radical (unpaired) electrons. The van der Waals surface area contributed by atoms with Crippen LogP contribution >= 0.6 is 0 Å². The Morgan fingerprint density at radius 2 is 2.18 bits per heavy atom. The van der Waals surface area contributed by atoms with Gasteiger partial charge in [0.2, 0.25) is 0 Å². The highest BCUT2D eigenvalue weighted by atomic mass is 16.5. The van der Waals surface area contributed by atoms with Crippen LogP contribution < -0.4 is 15.8 Å². The first kappa shape index (κ1) is 13.4. The third-order valence-electron chi connectivity index (χ3n) is 2.40. The number of nitrogens with two attached hydrogens (primary N) is 1. The van der Waals surface area contributed by atoms with Gasteiger partial charge in [-0.15, -0.1) is 0 Å². The van der Waals surface area contributed by atoms with Crippen LogP contribution in [0.3, 0.4) is 0 Å². The third kappa shape index (κ3) is 3.66. The number of benzene rings is 1. The van der Waals surface area contributed by atoms with Gasteiger partial charge in [-0.3, -0.25) is 4.79 Å². The van der Waals surface area contributed by atoms with Crippen molar-refractivity contribution < 1.29 is 9.53 Å². The molecule has 0 heterocycles. The number of carbonyl (C=O) groups excluding carboxylic acids is 1. The number of hydrogen-bond donors (Lipinski definition) is 2. The zero-order valence-electron chi connectivity index (χ0n) is 10.5. The fourth-order valence-corrected chi connectivity index (χ4v) is 1.53. The number of nitrogen functional groups attached to an aromatic ring is 1. The predicted molar refractivity (Wildman–Crippen MR) is 69.3 cm³/mol. The van der Waals surface area contributed by atoms with Gasteiger partial charge in [0, 0.05) is 12.2 Å². The molecule has 1 amide bonds. The standard InChI is InChI=1S/C13H20N2O2/c1-3-5-9-15-13(16)12-10(14)7-6-8-11(12)17-4-2/h6-8H,3-5,9,14H2,1-2H3,(H,15,16). The molecule has 0 unspecified atom stereocenters. The Balaban J connectivity index is 2.83. The minimum atomic E-state index is -0.167. The van der Waals surface area contributed by atoms with Gasteiger partial charge in [0.1, 0.15) is 11.3 Å². The minimum absolute atomic E-state index is 0.167. The van der Waals surface area contributed by atoms with E-state index in [1.54, 1.807) is 18.2 Å². The van der Waals surface area contributed by atoms with Crippen molar-refractivity contribution in [3.8, 4) is 5.75 Å². The van der Waals surface area contributed by atoms with Crippen LogP contribution in [0, 0.1) is 0 Å². The first-order valence-corrected chi connectivity index (χ1v) is 6.00. The van der Waals surface area contributed by atoms with Crippen molar-refractivity contribution in [2.24, 2.45) is 0 Å². The second-order valence-electron chi connectivity index (χ2n) is 3.76. The summed E-state index contributed by atoms with van der Waals surface area (Å²) in [5.74, 6) is 0.376. The molecule has 0 fully saturated rings. The average molecular weight is 236 g/mol. The molecule has 1 aromatic carbocycles. The molecule has 1 rings (SSSR count). The summed E-state index contributed by atoms with van der Waals surface area (Å²) in [7, 11) is 0. The summed E-state index contributed by atoms with van der Waals surface area (Å²) in [6.45, 7) is 5.13. The Bertz CT molecular complexity index is 378. The maximum absolute atomic E-state index is 12.0. The van der Waals surface area contributed by atoms with E-state index in [2.05, 4.69) is 12.2 Å². The maximum atomic E-state index is 12.0. The summed E-state index contributed by atoms with van der Waals surface area (Å²) in [6.07, 6.45) is 2.01. The van der Waals surface area contributed by atoms with Crippen LogP contribution in [-0.4, -0.2) is 19.1 Å². The van der Waals surface area contributed by atoms with Gasteiger partial charge in [-0.2, -0.15) is 0 Å². The van der Waals surface area contributed by atoms with E-state index in [1.165, 1.54) is 0 Å². The molecule has 0 saturated heterocycles. The fourth-order valence-electron chi connectivity index (χ4n) is 1.53. The molecular weight excluding hydrogens is 216 g/mol. The molecule has 17 heavy (non-hydrogen) atoms. The van der Waals surface area contributed by atoms with Gasteiger partial charge in [-0.25, -0.2) is 0 Å². The van der Waals surface area contributed by atoms with E-state index in [4.69, 9.17) is 10.5 Å². The zero-order valence-corrected chi connectivity index (χ0v) is 10.5. The number of ether oxygens (including phenoxy) is 1. The summed E-state index contributed by atoms with van der Waals surface area (Å²) >= 11 is 0. The first-order chi connectivity index (χ1) is 8.20. The molecule has 0 atom stereocenters. The first-order valence-electron chi connectivity index (χ1n) is 6.00. The van der Waals surface area contributed by atoms with Crippen LogP contribution in [0.5, 0.6) is 5.75 Å². The van der Waals surface area contributed by atoms with Gasteiger partial charge in [0.15, 0.2) is 0 Å². The molecular formula is C13H20N2O2. The number of unbranched alkanes of at least 4 members (excludes halogenated alkanes) is 1. The lowest BCUT2D eigenvalue weighted by Crippen LogP contribution is -2.26. The number of anilines is 1. The molecule has 0 spiro atoms. The van der Waals surface area contributed by atoms with E-state index in [0.29, 0.717) is 30.2 Å². The number of hydrogen-bond acceptors (Lipinski definition) is 3. The third-order valence-corrected chi connectivity index (χ3v) is 2.40. The molecule has 4 nitrogen and oxygen atoms in total.